The van der Waals surface area contributed by atoms with Crippen molar-refractivity contribution in [2.24, 2.45) is 0 Å². The SMILES string of the molecule is CCOC(=O)/C=C/c1cccc2c1COC(C)(C)O2. The molecule has 4 nitrogen and oxygen atoms in total. The summed E-state index contributed by atoms with van der Waals surface area (Å²) in [5.41, 5.74) is 1.85. The Morgan fingerprint density at radius 2 is 2.26 bits per heavy atom. The van der Waals surface area contributed by atoms with Gasteiger partial charge in [0.15, 0.2) is 0 Å². The Balaban J connectivity index is 2.22. The minimum absolute atomic E-state index is 0.349. The number of rotatable bonds is 3. The van der Waals surface area contributed by atoms with Gasteiger partial charge in [0.1, 0.15) is 5.75 Å². The summed E-state index contributed by atoms with van der Waals surface area (Å²) in [6, 6.07) is 5.71. The summed E-state index contributed by atoms with van der Waals surface area (Å²) >= 11 is 0. The molecule has 0 unspecified atom stereocenters. The summed E-state index contributed by atoms with van der Waals surface area (Å²) in [6.45, 7) is 6.36. The Morgan fingerprint density at radius 1 is 1.47 bits per heavy atom. The lowest BCUT2D eigenvalue weighted by atomic mass is 10.1. The van der Waals surface area contributed by atoms with E-state index < -0.39 is 5.79 Å². The maximum absolute atomic E-state index is 11.3. The third-order valence-electron chi connectivity index (χ3n) is 2.77. The smallest absolute Gasteiger partial charge is 0.330 e. The zero-order valence-corrected chi connectivity index (χ0v) is 11.4. The van der Waals surface area contributed by atoms with E-state index in [-0.39, 0.29) is 5.97 Å². The van der Waals surface area contributed by atoms with Crippen molar-refractivity contribution in [1.29, 1.82) is 0 Å². The second kappa shape index (κ2) is 5.45. The van der Waals surface area contributed by atoms with Crippen molar-refractivity contribution >= 4 is 12.0 Å². The van der Waals surface area contributed by atoms with Crippen molar-refractivity contribution in [3.05, 3.63) is 35.4 Å². The fourth-order valence-electron chi connectivity index (χ4n) is 1.88. The highest BCUT2D eigenvalue weighted by atomic mass is 16.7. The van der Waals surface area contributed by atoms with E-state index in [9.17, 15) is 4.79 Å². The highest BCUT2D eigenvalue weighted by Gasteiger charge is 2.28. The van der Waals surface area contributed by atoms with Crippen LogP contribution >= 0.6 is 0 Å². The molecule has 0 saturated heterocycles. The molecule has 0 radical (unpaired) electrons. The molecule has 0 spiro atoms. The molecular weight excluding hydrogens is 244 g/mol. The molecule has 4 heteroatoms. The third-order valence-corrected chi connectivity index (χ3v) is 2.77. The van der Waals surface area contributed by atoms with Gasteiger partial charge in [0.25, 0.3) is 0 Å². The van der Waals surface area contributed by atoms with Crippen molar-refractivity contribution in [1.82, 2.24) is 0 Å². The van der Waals surface area contributed by atoms with Gasteiger partial charge in [-0.2, -0.15) is 0 Å². The molecule has 1 aromatic rings. The van der Waals surface area contributed by atoms with Gasteiger partial charge in [-0.1, -0.05) is 12.1 Å². The number of esters is 1. The first kappa shape index (κ1) is 13.6. The molecule has 0 N–H and O–H groups in total. The molecule has 0 aromatic heterocycles. The summed E-state index contributed by atoms with van der Waals surface area (Å²) in [7, 11) is 0. The predicted octanol–water partition coefficient (Wildman–Crippen LogP) is 2.91. The fourth-order valence-corrected chi connectivity index (χ4v) is 1.88. The molecule has 19 heavy (non-hydrogen) atoms. The molecule has 2 rings (SSSR count). The first-order valence-electron chi connectivity index (χ1n) is 6.31. The average Bonchev–Trinajstić information content (AvgIpc) is 2.35. The van der Waals surface area contributed by atoms with Crippen LogP contribution in [0.1, 0.15) is 31.9 Å². The summed E-state index contributed by atoms with van der Waals surface area (Å²) in [6.07, 6.45) is 3.14. The van der Waals surface area contributed by atoms with Gasteiger partial charge in [-0.05, 0) is 24.6 Å². The lowest BCUT2D eigenvalue weighted by molar-refractivity contribution is -0.180. The van der Waals surface area contributed by atoms with Crippen LogP contribution < -0.4 is 4.74 Å². The van der Waals surface area contributed by atoms with Crippen LogP contribution in [0.3, 0.4) is 0 Å². The van der Waals surface area contributed by atoms with E-state index in [2.05, 4.69) is 0 Å². The number of carbonyl (C=O) groups is 1. The number of benzene rings is 1. The molecule has 0 aliphatic carbocycles. The lowest BCUT2D eigenvalue weighted by Crippen LogP contribution is -2.35. The highest BCUT2D eigenvalue weighted by molar-refractivity contribution is 5.87. The van der Waals surface area contributed by atoms with Gasteiger partial charge in [0, 0.05) is 25.5 Å². The first-order valence-corrected chi connectivity index (χ1v) is 6.31. The zero-order valence-electron chi connectivity index (χ0n) is 11.4. The Labute approximate surface area is 113 Å². The molecule has 1 aliphatic heterocycles. The van der Waals surface area contributed by atoms with Gasteiger partial charge in [-0.3, -0.25) is 0 Å². The Bertz CT molecular complexity index is 503. The topological polar surface area (TPSA) is 44.8 Å². The second-order valence-electron chi connectivity index (χ2n) is 4.70. The Hall–Kier alpha value is -1.81. The number of fused-ring (bicyclic) bond motifs is 1. The van der Waals surface area contributed by atoms with E-state index in [1.165, 1.54) is 6.08 Å². The van der Waals surface area contributed by atoms with Crippen LogP contribution in [0, 0.1) is 0 Å². The molecule has 0 saturated carbocycles. The maximum Gasteiger partial charge on any atom is 0.330 e. The number of hydrogen-bond donors (Lipinski definition) is 0. The van der Waals surface area contributed by atoms with Crippen LogP contribution in [-0.2, 0) is 20.9 Å². The van der Waals surface area contributed by atoms with Crippen molar-refractivity contribution in [3.8, 4) is 5.75 Å². The maximum atomic E-state index is 11.3. The van der Waals surface area contributed by atoms with E-state index in [4.69, 9.17) is 14.2 Å². The minimum Gasteiger partial charge on any atom is -0.463 e. The van der Waals surface area contributed by atoms with Crippen LogP contribution in [-0.4, -0.2) is 18.4 Å². The highest BCUT2D eigenvalue weighted by Crippen LogP contribution is 2.33. The van der Waals surface area contributed by atoms with Crippen molar-refractivity contribution in [2.45, 2.75) is 33.2 Å². The predicted molar refractivity (Wildman–Crippen MR) is 71.6 cm³/mol. The third kappa shape index (κ3) is 3.35. The van der Waals surface area contributed by atoms with Gasteiger partial charge in [-0.25, -0.2) is 4.79 Å². The van der Waals surface area contributed by atoms with Crippen LogP contribution in [0.2, 0.25) is 0 Å². The van der Waals surface area contributed by atoms with E-state index in [0.717, 1.165) is 16.9 Å². The van der Waals surface area contributed by atoms with Crippen LogP contribution in [0.5, 0.6) is 5.75 Å². The summed E-state index contributed by atoms with van der Waals surface area (Å²) < 4.78 is 16.2. The summed E-state index contributed by atoms with van der Waals surface area (Å²) in [4.78, 5) is 11.3. The molecule has 0 atom stereocenters. The average molecular weight is 262 g/mol. The van der Waals surface area contributed by atoms with Crippen molar-refractivity contribution in [3.63, 3.8) is 0 Å². The van der Waals surface area contributed by atoms with Crippen LogP contribution in [0.15, 0.2) is 24.3 Å². The number of carbonyl (C=O) groups excluding carboxylic acids is 1. The van der Waals surface area contributed by atoms with Gasteiger partial charge in [0.2, 0.25) is 5.79 Å². The fraction of sp³-hybridized carbons (Fsp3) is 0.400. The quantitative estimate of drug-likeness (QED) is 0.620. The van der Waals surface area contributed by atoms with Gasteiger partial charge >= 0.3 is 5.97 Å². The van der Waals surface area contributed by atoms with E-state index in [1.54, 1.807) is 13.0 Å². The molecule has 1 heterocycles. The van der Waals surface area contributed by atoms with Gasteiger partial charge < -0.3 is 14.2 Å². The summed E-state index contributed by atoms with van der Waals surface area (Å²) in [5.74, 6) is -0.170. The van der Waals surface area contributed by atoms with Crippen molar-refractivity contribution < 1.29 is 19.0 Å². The summed E-state index contributed by atoms with van der Waals surface area (Å²) in [5, 5.41) is 0. The molecular formula is C15H18O4. The van der Waals surface area contributed by atoms with E-state index in [0.29, 0.717) is 13.2 Å². The largest absolute Gasteiger partial charge is 0.463 e. The standard InChI is InChI=1S/C15H18O4/c1-4-17-14(16)9-8-11-6-5-7-13-12(11)10-18-15(2,3)19-13/h5-9H,4,10H2,1-3H3/b9-8+. The van der Waals surface area contributed by atoms with Gasteiger partial charge in [-0.15, -0.1) is 0 Å². The molecule has 1 aromatic carbocycles. The molecule has 0 amide bonds. The lowest BCUT2D eigenvalue weighted by Gasteiger charge is -2.33. The minimum atomic E-state index is -0.615. The van der Waals surface area contributed by atoms with E-state index in [1.807, 2.05) is 32.0 Å². The Kier molecular flexibility index (Phi) is 3.90. The first-order chi connectivity index (χ1) is 9.02. The van der Waals surface area contributed by atoms with Crippen molar-refractivity contribution in [2.75, 3.05) is 6.61 Å². The molecule has 1 aliphatic rings. The number of ether oxygens (including phenoxy) is 3. The van der Waals surface area contributed by atoms with Gasteiger partial charge in [0.05, 0.1) is 13.2 Å². The zero-order chi connectivity index (χ0) is 13.9. The van der Waals surface area contributed by atoms with E-state index >= 15 is 0 Å². The Morgan fingerprint density at radius 3 is 3.00 bits per heavy atom. The number of hydrogen-bond acceptors (Lipinski definition) is 4. The molecule has 102 valence electrons. The monoisotopic (exact) mass is 262 g/mol. The normalized spacial score (nSPS) is 16.8. The van der Waals surface area contributed by atoms with Crippen LogP contribution in [0.4, 0.5) is 0 Å². The van der Waals surface area contributed by atoms with Crippen LogP contribution in [0.25, 0.3) is 6.08 Å². The second-order valence-corrected chi connectivity index (χ2v) is 4.70. The molecule has 0 fully saturated rings. The molecule has 0 bridgehead atoms.